The summed E-state index contributed by atoms with van der Waals surface area (Å²) >= 11 is 3.46. The quantitative estimate of drug-likeness (QED) is 0.905. The molecule has 4 heteroatoms. The molecule has 1 saturated heterocycles. The van der Waals surface area contributed by atoms with E-state index >= 15 is 0 Å². The van der Waals surface area contributed by atoms with Crippen LogP contribution in [0.1, 0.15) is 18.4 Å². The maximum absolute atomic E-state index is 5.98. The molecule has 1 aliphatic heterocycles. The maximum atomic E-state index is 5.98. The second-order valence-electron chi connectivity index (χ2n) is 3.98. The molecule has 0 bridgehead atoms. The highest BCUT2D eigenvalue weighted by molar-refractivity contribution is 9.10. The molecule has 0 spiro atoms. The van der Waals surface area contributed by atoms with Gasteiger partial charge in [0.1, 0.15) is 11.9 Å². The molecule has 0 atom stereocenters. The summed E-state index contributed by atoms with van der Waals surface area (Å²) < 4.78 is 7.09. The Kier molecular flexibility index (Phi) is 5.59. The molecule has 1 heterocycles. The van der Waals surface area contributed by atoms with Crippen molar-refractivity contribution < 1.29 is 4.74 Å². The number of hydrogen-bond donors (Lipinski definition) is 1. The van der Waals surface area contributed by atoms with Gasteiger partial charge in [-0.15, -0.1) is 12.4 Å². The molecule has 0 amide bonds. The highest BCUT2D eigenvalue weighted by Gasteiger charge is 2.15. The minimum absolute atomic E-state index is 0. The second-order valence-corrected chi connectivity index (χ2v) is 4.89. The van der Waals surface area contributed by atoms with Crippen LogP contribution < -0.4 is 10.1 Å². The Hall–Kier alpha value is -0.250. The van der Waals surface area contributed by atoms with E-state index in [4.69, 9.17) is 4.74 Å². The molecule has 0 saturated carbocycles. The smallest absolute Gasteiger partial charge is 0.122 e. The van der Waals surface area contributed by atoms with Gasteiger partial charge in [0, 0.05) is 4.47 Å². The van der Waals surface area contributed by atoms with E-state index in [0.717, 1.165) is 36.2 Å². The summed E-state index contributed by atoms with van der Waals surface area (Å²) in [5, 5.41) is 3.34. The van der Waals surface area contributed by atoms with Crippen LogP contribution in [0, 0.1) is 6.92 Å². The molecular weight excluding hydrogens is 289 g/mol. The number of halogens is 2. The Morgan fingerprint density at radius 2 is 2.00 bits per heavy atom. The van der Waals surface area contributed by atoms with Crippen molar-refractivity contribution in [2.45, 2.75) is 25.9 Å². The third-order valence-electron chi connectivity index (χ3n) is 2.72. The first kappa shape index (κ1) is 13.8. The van der Waals surface area contributed by atoms with E-state index in [9.17, 15) is 0 Å². The molecule has 0 aliphatic carbocycles. The van der Waals surface area contributed by atoms with Crippen LogP contribution in [0.5, 0.6) is 5.75 Å². The first-order valence-electron chi connectivity index (χ1n) is 5.39. The number of hydrogen-bond acceptors (Lipinski definition) is 2. The predicted molar refractivity (Wildman–Crippen MR) is 72.6 cm³/mol. The summed E-state index contributed by atoms with van der Waals surface area (Å²) in [7, 11) is 0. The van der Waals surface area contributed by atoms with Gasteiger partial charge >= 0.3 is 0 Å². The number of piperidine rings is 1. The van der Waals surface area contributed by atoms with Gasteiger partial charge in [-0.3, -0.25) is 0 Å². The molecule has 0 radical (unpaired) electrons. The SMILES string of the molecule is Cc1cc(Br)ccc1OC1CCNCC1.Cl. The number of nitrogens with one attached hydrogen (secondary N) is 1. The van der Waals surface area contributed by atoms with E-state index < -0.39 is 0 Å². The Bertz CT molecular complexity index is 340. The third-order valence-corrected chi connectivity index (χ3v) is 3.21. The lowest BCUT2D eigenvalue weighted by molar-refractivity contribution is 0.161. The lowest BCUT2D eigenvalue weighted by atomic mass is 10.1. The van der Waals surface area contributed by atoms with E-state index in [-0.39, 0.29) is 12.4 Å². The van der Waals surface area contributed by atoms with E-state index in [2.05, 4.69) is 34.2 Å². The average molecular weight is 307 g/mol. The van der Waals surface area contributed by atoms with E-state index in [1.165, 1.54) is 5.56 Å². The maximum Gasteiger partial charge on any atom is 0.122 e. The molecule has 2 rings (SSSR count). The number of ether oxygens (including phenoxy) is 1. The Balaban J connectivity index is 0.00000128. The van der Waals surface area contributed by atoms with Crippen LogP contribution in [0.3, 0.4) is 0 Å². The van der Waals surface area contributed by atoms with Crippen molar-refractivity contribution in [3.05, 3.63) is 28.2 Å². The predicted octanol–water partition coefficient (Wildman–Crippen LogP) is 3.31. The molecular formula is C12H17BrClNO. The molecule has 1 N–H and O–H groups in total. The van der Waals surface area contributed by atoms with E-state index in [0.29, 0.717) is 6.10 Å². The zero-order valence-electron chi connectivity index (χ0n) is 9.33. The topological polar surface area (TPSA) is 21.3 Å². The number of aryl methyl sites for hydroxylation is 1. The monoisotopic (exact) mass is 305 g/mol. The second kappa shape index (κ2) is 6.48. The summed E-state index contributed by atoms with van der Waals surface area (Å²) in [4.78, 5) is 0. The van der Waals surface area contributed by atoms with Crippen LogP contribution in [0.15, 0.2) is 22.7 Å². The van der Waals surface area contributed by atoms with Crippen LogP contribution in [0.4, 0.5) is 0 Å². The van der Waals surface area contributed by atoms with Gasteiger partial charge in [0.2, 0.25) is 0 Å². The molecule has 1 aromatic rings. The van der Waals surface area contributed by atoms with Crippen LogP contribution in [0.25, 0.3) is 0 Å². The largest absolute Gasteiger partial charge is 0.490 e. The fraction of sp³-hybridized carbons (Fsp3) is 0.500. The highest BCUT2D eigenvalue weighted by atomic mass is 79.9. The van der Waals surface area contributed by atoms with Gasteiger partial charge in [-0.25, -0.2) is 0 Å². The summed E-state index contributed by atoms with van der Waals surface area (Å²) in [5.41, 5.74) is 1.20. The van der Waals surface area contributed by atoms with E-state index in [1.54, 1.807) is 0 Å². The molecule has 1 aromatic carbocycles. The van der Waals surface area contributed by atoms with Crippen molar-refractivity contribution in [2.75, 3.05) is 13.1 Å². The van der Waals surface area contributed by atoms with Crippen molar-refractivity contribution in [1.82, 2.24) is 5.32 Å². The summed E-state index contributed by atoms with van der Waals surface area (Å²) in [6.45, 7) is 4.22. The van der Waals surface area contributed by atoms with Crippen LogP contribution in [0.2, 0.25) is 0 Å². The van der Waals surface area contributed by atoms with Gasteiger partial charge < -0.3 is 10.1 Å². The average Bonchev–Trinajstić information content (AvgIpc) is 2.24. The van der Waals surface area contributed by atoms with Crippen molar-refractivity contribution in [3.8, 4) is 5.75 Å². The normalized spacial score (nSPS) is 16.6. The van der Waals surface area contributed by atoms with Crippen LogP contribution in [-0.4, -0.2) is 19.2 Å². The van der Waals surface area contributed by atoms with Crippen molar-refractivity contribution in [3.63, 3.8) is 0 Å². The fourth-order valence-corrected chi connectivity index (χ4v) is 2.31. The standard InChI is InChI=1S/C12H16BrNO.ClH/c1-9-8-10(13)2-3-12(9)15-11-4-6-14-7-5-11;/h2-3,8,11,14H,4-7H2,1H3;1H. The van der Waals surface area contributed by atoms with Gasteiger partial charge in [0.25, 0.3) is 0 Å². The van der Waals surface area contributed by atoms with Crippen molar-refractivity contribution in [1.29, 1.82) is 0 Å². The molecule has 0 unspecified atom stereocenters. The summed E-state index contributed by atoms with van der Waals surface area (Å²) in [6.07, 6.45) is 2.59. The van der Waals surface area contributed by atoms with Crippen LogP contribution >= 0.6 is 28.3 Å². The molecule has 1 aliphatic rings. The van der Waals surface area contributed by atoms with Gasteiger partial charge in [0.15, 0.2) is 0 Å². The van der Waals surface area contributed by atoms with Crippen LogP contribution in [-0.2, 0) is 0 Å². The number of benzene rings is 1. The summed E-state index contributed by atoms with van der Waals surface area (Å²) in [5.74, 6) is 1.02. The minimum atomic E-state index is 0. The molecule has 16 heavy (non-hydrogen) atoms. The van der Waals surface area contributed by atoms with Gasteiger partial charge in [0.05, 0.1) is 0 Å². The molecule has 90 valence electrons. The first-order valence-corrected chi connectivity index (χ1v) is 6.18. The van der Waals surface area contributed by atoms with Crippen molar-refractivity contribution >= 4 is 28.3 Å². The minimum Gasteiger partial charge on any atom is -0.490 e. The van der Waals surface area contributed by atoms with Gasteiger partial charge in [-0.2, -0.15) is 0 Å². The third kappa shape index (κ3) is 3.65. The van der Waals surface area contributed by atoms with Gasteiger partial charge in [-0.05, 0) is 56.6 Å². The number of rotatable bonds is 2. The highest BCUT2D eigenvalue weighted by Crippen LogP contribution is 2.24. The fourth-order valence-electron chi connectivity index (χ4n) is 1.84. The lowest BCUT2D eigenvalue weighted by Gasteiger charge is -2.24. The van der Waals surface area contributed by atoms with Gasteiger partial charge in [-0.1, -0.05) is 15.9 Å². The van der Waals surface area contributed by atoms with E-state index in [1.807, 2.05) is 12.1 Å². The zero-order valence-corrected chi connectivity index (χ0v) is 11.7. The Morgan fingerprint density at radius 1 is 1.31 bits per heavy atom. The molecule has 0 aromatic heterocycles. The molecule has 1 fully saturated rings. The molecule has 2 nitrogen and oxygen atoms in total. The Morgan fingerprint density at radius 3 is 2.62 bits per heavy atom. The summed E-state index contributed by atoms with van der Waals surface area (Å²) in [6, 6.07) is 6.17. The lowest BCUT2D eigenvalue weighted by Crippen LogP contribution is -2.34. The Labute approximate surface area is 111 Å². The first-order chi connectivity index (χ1) is 7.25. The zero-order chi connectivity index (χ0) is 10.7. The van der Waals surface area contributed by atoms with Crippen molar-refractivity contribution in [2.24, 2.45) is 0 Å².